The Morgan fingerprint density at radius 1 is 1.29 bits per heavy atom. The second kappa shape index (κ2) is 11.1. The van der Waals surface area contributed by atoms with Gasteiger partial charge in [0.15, 0.2) is 0 Å². The molecular formula is C22H35O5P. The molecule has 158 valence electrons. The summed E-state index contributed by atoms with van der Waals surface area (Å²) in [4.78, 5) is 22.7. The number of rotatable bonds is 12. The third-order valence-corrected chi connectivity index (χ3v) is 8.35. The van der Waals surface area contributed by atoms with Crippen LogP contribution in [0, 0.1) is 11.8 Å². The number of ether oxygens (including phenoxy) is 1. The molecule has 0 aliphatic carbocycles. The number of aliphatic carboxylic acids is 1. The van der Waals surface area contributed by atoms with Gasteiger partial charge in [-0.3, -0.25) is 9.36 Å². The number of hydrogen-bond donors (Lipinski definition) is 2. The second-order valence-corrected chi connectivity index (χ2v) is 10.6. The Labute approximate surface area is 169 Å². The normalized spacial score (nSPS) is 22.3. The molecule has 5 nitrogen and oxygen atoms in total. The van der Waals surface area contributed by atoms with Gasteiger partial charge in [0.1, 0.15) is 0 Å². The number of unbranched alkanes of at least 4 members (excludes halogenated alkanes) is 2. The van der Waals surface area contributed by atoms with E-state index in [1.54, 1.807) is 6.92 Å². The van der Waals surface area contributed by atoms with Gasteiger partial charge < -0.3 is 14.7 Å². The highest BCUT2D eigenvalue weighted by molar-refractivity contribution is 7.58. The van der Waals surface area contributed by atoms with E-state index >= 15 is 0 Å². The molecule has 1 saturated heterocycles. The van der Waals surface area contributed by atoms with Crippen molar-refractivity contribution in [2.75, 3.05) is 6.61 Å². The maximum absolute atomic E-state index is 13.6. The zero-order valence-corrected chi connectivity index (χ0v) is 18.0. The zero-order chi connectivity index (χ0) is 20.6. The molecule has 1 fully saturated rings. The van der Waals surface area contributed by atoms with Crippen molar-refractivity contribution < 1.29 is 24.1 Å². The highest BCUT2D eigenvalue weighted by Gasteiger charge is 2.43. The van der Waals surface area contributed by atoms with Crippen LogP contribution in [0.15, 0.2) is 30.3 Å². The van der Waals surface area contributed by atoms with Crippen LogP contribution in [-0.4, -0.2) is 34.3 Å². The van der Waals surface area contributed by atoms with Crippen LogP contribution in [-0.2, 0) is 20.3 Å². The SMILES string of the molecule is CCCCCC(C(CC(C)C(=O)O)C1CCCO1)P(=O)(O)Cc1ccccc1. The Balaban J connectivity index is 2.29. The third-order valence-electron chi connectivity index (χ3n) is 5.86. The summed E-state index contributed by atoms with van der Waals surface area (Å²) < 4.78 is 19.5. The van der Waals surface area contributed by atoms with Crippen molar-refractivity contribution >= 4 is 13.3 Å². The molecule has 5 atom stereocenters. The van der Waals surface area contributed by atoms with E-state index in [1.165, 1.54) is 0 Å². The summed E-state index contributed by atoms with van der Waals surface area (Å²) in [5, 5.41) is 9.44. The van der Waals surface area contributed by atoms with Gasteiger partial charge in [-0.15, -0.1) is 0 Å². The van der Waals surface area contributed by atoms with Crippen molar-refractivity contribution in [1.82, 2.24) is 0 Å². The molecule has 2 N–H and O–H groups in total. The van der Waals surface area contributed by atoms with Gasteiger partial charge in [0.25, 0.3) is 0 Å². The molecule has 1 heterocycles. The minimum Gasteiger partial charge on any atom is -0.481 e. The molecule has 0 radical (unpaired) electrons. The van der Waals surface area contributed by atoms with E-state index in [1.807, 2.05) is 30.3 Å². The molecule has 1 aliphatic heterocycles. The quantitative estimate of drug-likeness (QED) is 0.360. The second-order valence-electron chi connectivity index (χ2n) is 8.15. The maximum atomic E-state index is 13.6. The highest BCUT2D eigenvalue weighted by Crippen LogP contribution is 2.56. The Kier molecular flexibility index (Phi) is 9.20. The fraction of sp³-hybridized carbons (Fsp3) is 0.682. The average molecular weight is 410 g/mol. The van der Waals surface area contributed by atoms with Gasteiger partial charge in [-0.2, -0.15) is 0 Å². The van der Waals surface area contributed by atoms with Crippen molar-refractivity contribution in [1.29, 1.82) is 0 Å². The fourth-order valence-corrected chi connectivity index (χ4v) is 6.75. The first kappa shape index (κ1) is 23.1. The van der Waals surface area contributed by atoms with Gasteiger partial charge in [0.05, 0.1) is 12.0 Å². The molecule has 5 unspecified atom stereocenters. The minimum atomic E-state index is -3.53. The Morgan fingerprint density at radius 3 is 2.57 bits per heavy atom. The minimum absolute atomic E-state index is 0.121. The van der Waals surface area contributed by atoms with Gasteiger partial charge >= 0.3 is 5.97 Å². The lowest BCUT2D eigenvalue weighted by Gasteiger charge is -2.35. The molecule has 6 heteroatoms. The topological polar surface area (TPSA) is 83.8 Å². The Hall–Kier alpha value is -1.16. The molecule has 28 heavy (non-hydrogen) atoms. The third kappa shape index (κ3) is 6.72. The highest BCUT2D eigenvalue weighted by atomic mass is 31.2. The van der Waals surface area contributed by atoms with Gasteiger partial charge in [-0.25, -0.2) is 0 Å². The maximum Gasteiger partial charge on any atom is 0.306 e. The van der Waals surface area contributed by atoms with Crippen LogP contribution in [0.4, 0.5) is 0 Å². The van der Waals surface area contributed by atoms with Crippen LogP contribution < -0.4 is 0 Å². The summed E-state index contributed by atoms with van der Waals surface area (Å²) in [7, 11) is -3.53. The molecule has 0 bridgehead atoms. The van der Waals surface area contributed by atoms with E-state index in [2.05, 4.69) is 6.92 Å². The number of carboxylic acid groups (broad SMARTS) is 1. The number of carbonyl (C=O) groups is 1. The molecule has 1 aromatic rings. The summed E-state index contributed by atoms with van der Waals surface area (Å²) in [6, 6.07) is 9.42. The first-order chi connectivity index (χ1) is 13.3. The van der Waals surface area contributed by atoms with Crippen LogP contribution in [0.5, 0.6) is 0 Å². The molecule has 0 aromatic heterocycles. The van der Waals surface area contributed by atoms with Crippen LogP contribution in [0.1, 0.15) is 64.4 Å². The molecule has 2 rings (SSSR count). The molecule has 0 spiro atoms. The molecule has 1 aromatic carbocycles. The average Bonchev–Trinajstić information content (AvgIpc) is 3.18. The van der Waals surface area contributed by atoms with E-state index in [4.69, 9.17) is 4.74 Å². The lowest BCUT2D eigenvalue weighted by molar-refractivity contribution is -0.142. The van der Waals surface area contributed by atoms with Crippen molar-refractivity contribution in [2.24, 2.45) is 11.8 Å². The summed E-state index contributed by atoms with van der Waals surface area (Å²) in [6.45, 7) is 4.45. The van der Waals surface area contributed by atoms with Gasteiger partial charge in [-0.1, -0.05) is 63.4 Å². The summed E-state index contributed by atoms with van der Waals surface area (Å²) in [6.07, 6.45) is 5.74. The zero-order valence-electron chi connectivity index (χ0n) is 17.1. The van der Waals surface area contributed by atoms with Crippen molar-refractivity contribution in [3.05, 3.63) is 35.9 Å². The monoisotopic (exact) mass is 410 g/mol. The molecule has 1 aliphatic rings. The van der Waals surface area contributed by atoms with Crippen LogP contribution >= 0.6 is 7.37 Å². The van der Waals surface area contributed by atoms with Gasteiger partial charge in [-0.05, 0) is 37.2 Å². The fourth-order valence-electron chi connectivity index (χ4n) is 4.29. The number of hydrogen-bond acceptors (Lipinski definition) is 3. The molecule has 0 amide bonds. The molecule has 0 saturated carbocycles. The van der Waals surface area contributed by atoms with Crippen LogP contribution in [0.25, 0.3) is 0 Å². The Morgan fingerprint density at radius 2 is 2.00 bits per heavy atom. The Bertz CT molecular complexity index is 642. The van der Waals surface area contributed by atoms with Gasteiger partial charge in [0, 0.05) is 18.4 Å². The van der Waals surface area contributed by atoms with E-state index in [0.29, 0.717) is 19.4 Å². The first-order valence-corrected chi connectivity index (χ1v) is 12.5. The van der Waals surface area contributed by atoms with Crippen molar-refractivity contribution in [3.63, 3.8) is 0 Å². The first-order valence-electron chi connectivity index (χ1n) is 10.5. The summed E-state index contributed by atoms with van der Waals surface area (Å²) >= 11 is 0. The summed E-state index contributed by atoms with van der Waals surface area (Å²) in [5.74, 6) is -1.62. The molecular weight excluding hydrogens is 375 g/mol. The van der Waals surface area contributed by atoms with E-state index in [-0.39, 0.29) is 18.2 Å². The van der Waals surface area contributed by atoms with Crippen molar-refractivity contribution in [2.45, 2.75) is 76.7 Å². The number of carboxylic acids is 1. The van der Waals surface area contributed by atoms with Crippen molar-refractivity contribution in [3.8, 4) is 0 Å². The largest absolute Gasteiger partial charge is 0.481 e. The van der Waals surface area contributed by atoms with Crippen LogP contribution in [0.3, 0.4) is 0 Å². The predicted octanol–water partition coefficient (Wildman–Crippen LogP) is 5.31. The van der Waals surface area contributed by atoms with E-state index in [9.17, 15) is 19.4 Å². The summed E-state index contributed by atoms with van der Waals surface area (Å²) in [5.41, 5.74) is 0.426. The smallest absolute Gasteiger partial charge is 0.306 e. The standard InChI is InChI=1S/C22H35O5P/c1-3-4-6-13-21(28(25,26)16-18-10-7-5-8-11-18)19(15-17(2)22(23)24)20-12-9-14-27-20/h5,7-8,10-11,17,19-21H,3-4,6,9,12-16H2,1-2H3,(H,23,24)(H,25,26). The lowest BCUT2D eigenvalue weighted by atomic mass is 9.85. The predicted molar refractivity (Wildman–Crippen MR) is 112 cm³/mol. The van der Waals surface area contributed by atoms with E-state index < -0.39 is 24.9 Å². The number of benzene rings is 1. The van der Waals surface area contributed by atoms with E-state index in [0.717, 1.165) is 37.7 Å². The van der Waals surface area contributed by atoms with Crippen LogP contribution in [0.2, 0.25) is 0 Å². The van der Waals surface area contributed by atoms with Gasteiger partial charge in [0.2, 0.25) is 7.37 Å². The lowest BCUT2D eigenvalue weighted by Crippen LogP contribution is -2.35.